The van der Waals surface area contributed by atoms with Gasteiger partial charge >= 0.3 is 5.97 Å². The second kappa shape index (κ2) is 6.96. The van der Waals surface area contributed by atoms with Crippen LogP contribution in [-0.4, -0.2) is 41.0 Å². The topological polar surface area (TPSA) is 82.1 Å². The molecular weight excluding hydrogens is 426 g/mol. The Kier molecular flexibility index (Phi) is 5.03. The molecular formula is C17H16BrNO6S. The number of rotatable bonds is 3. The molecule has 1 aromatic carbocycles. The van der Waals surface area contributed by atoms with Gasteiger partial charge in [0.15, 0.2) is 11.5 Å². The average molecular weight is 442 g/mol. The van der Waals surface area contributed by atoms with E-state index in [1.807, 2.05) is 0 Å². The first-order valence-electron chi connectivity index (χ1n) is 7.70. The van der Waals surface area contributed by atoms with Crippen molar-refractivity contribution < 1.29 is 28.6 Å². The number of fused-ring (bicyclic) bond motifs is 1. The van der Waals surface area contributed by atoms with E-state index < -0.39 is 29.3 Å². The highest BCUT2D eigenvalue weighted by molar-refractivity contribution is 9.10. The van der Waals surface area contributed by atoms with Gasteiger partial charge in [-0.25, -0.2) is 0 Å². The molecule has 1 fully saturated rings. The Morgan fingerprint density at radius 1 is 1.31 bits per heavy atom. The summed E-state index contributed by atoms with van der Waals surface area (Å²) in [5.41, 5.74) is -0.0245. The zero-order valence-electron chi connectivity index (χ0n) is 14.3. The summed E-state index contributed by atoms with van der Waals surface area (Å²) in [4.78, 5) is 37.6. The number of nitrogens with zero attached hydrogens (tertiary/aromatic N) is 1. The molecule has 2 aliphatic rings. The quantitative estimate of drug-likeness (QED) is 0.523. The molecule has 0 saturated carbocycles. The summed E-state index contributed by atoms with van der Waals surface area (Å²) >= 11 is 4.18. The van der Waals surface area contributed by atoms with Crippen molar-refractivity contribution in [2.24, 2.45) is 0 Å². The molecule has 2 amide bonds. The van der Waals surface area contributed by atoms with Crippen molar-refractivity contribution in [2.75, 3.05) is 13.3 Å². The van der Waals surface area contributed by atoms with Gasteiger partial charge < -0.3 is 14.2 Å². The maximum atomic E-state index is 12.5. The van der Waals surface area contributed by atoms with Crippen LogP contribution in [0.1, 0.15) is 26.3 Å². The Labute approximate surface area is 162 Å². The summed E-state index contributed by atoms with van der Waals surface area (Å²) in [7, 11) is 0. The molecule has 0 spiro atoms. The van der Waals surface area contributed by atoms with Crippen molar-refractivity contribution >= 4 is 50.9 Å². The predicted molar refractivity (Wildman–Crippen MR) is 98.8 cm³/mol. The van der Waals surface area contributed by atoms with Gasteiger partial charge in [0.1, 0.15) is 12.1 Å². The molecule has 0 aromatic heterocycles. The summed E-state index contributed by atoms with van der Waals surface area (Å²) in [5, 5.41) is -0.510. The minimum atomic E-state index is -0.688. The van der Waals surface area contributed by atoms with Crippen LogP contribution in [0.3, 0.4) is 0 Å². The Bertz CT molecular complexity index is 829. The summed E-state index contributed by atoms with van der Waals surface area (Å²) < 4.78 is 16.5. The van der Waals surface area contributed by atoms with E-state index in [-0.39, 0.29) is 11.7 Å². The molecule has 0 radical (unpaired) electrons. The summed E-state index contributed by atoms with van der Waals surface area (Å²) in [6.45, 7) is 4.88. The van der Waals surface area contributed by atoms with Gasteiger partial charge in [0.05, 0.1) is 4.91 Å². The van der Waals surface area contributed by atoms with Gasteiger partial charge in [-0.2, -0.15) is 0 Å². The molecule has 0 atom stereocenters. The van der Waals surface area contributed by atoms with Crippen molar-refractivity contribution in [2.45, 2.75) is 26.4 Å². The number of hydrogen-bond acceptors (Lipinski definition) is 7. The minimum Gasteiger partial charge on any atom is -0.459 e. The number of benzene rings is 1. The van der Waals surface area contributed by atoms with Crippen LogP contribution < -0.4 is 9.47 Å². The molecule has 26 heavy (non-hydrogen) atoms. The van der Waals surface area contributed by atoms with Crippen LogP contribution >= 0.6 is 27.7 Å². The molecule has 0 N–H and O–H groups in total. The van der Waals surface area contributed by atoms with Gasteiger partial charge in [-0.3, -0.25) is 19.3 Å². The third kappa shape index (κ3) is 4.04. The van der Waals surface area contributed by atoms with Crippen molar-refractivity contribution in [3.63, 3.8) is 0 Å². The molecule has 2 heterocycles. The SMILES string of the molecule is CC(C)(C)OC(=O)CN1C(=O)SC(=Cc2cc3c(cc2Br)OCO3)C1=O. The smallest absolute Gasteiger partial charge is 0.326 e. The molecule has 0 bridgehead atoms. The van der Waals surface area contributed by atoms with Gasteiger partial charge in [0.25, 0.3) is 11.1 Å². The lowest BCUT2D eigenvalue weighted by Gasteiger charge is -2.21. The zero-order valence-corrected chi connectivity index (χ0v) is 16.7. The number of hydrogen-bond donors (Lipinski definition) is 0. The molecule has 1 aromatic rings. The molecule has 7 nitrogen and oxygen atoms in total. The van der Waals surface area contributed by atoms with Gasteiger partial charge in [0.2, 0.25) is 6.79 Å². The number of halogens is 1. The van der Waals surface area contributed by atoms with Crippen molar-refractivity contribution in [1.29, 1.82) is 0 Å². The van der Waals surface area contributed by atoms with E-state index in [0.29, 0.717) is 21.5 Å². The lowest BCUT2D eigenvalue weighted by Crippen LogP contribution is -2.37. The Hall–Kier alpha value is -2.00. The van der Waals surface area contributed by atoms with Gasteiger partial charge in [-0.1, -0.05) is 15.9 Å². The van der Waals surface area contributed by atoms with E-state index >= 15 is 0 Å². The van der Waals surface area contributed by atoms with E-state index in [2.05, 4.69) is 15.9 Å². The van der Waals surface area contributed by atoms with Crippen LogP contribution in [0.4, 0.5) is 4.79 Å². The fraction of sp³-hybridized carbons (Fsp3) is 0.353. The normalized spacial score (nSPS) is 18.0. The number of imide groups is 1. The first-order valence-corrected chi connectivity index (χ1v) is 9.31. The number of carbonyl (C=O) groups excluding carboxylic acids is 3. The highest BCUT2D eigenvalue weighted by atomic mass is 79.9. The van der Waals surface area contributed by atoms with Crippen LogP contribution in [0.2, 0.25) is 0 Å². The van der Waals surface area contributed by atoms with Gasteiger partial charge in [0, 0.05) is 4.47 Å². The summed E-state index contributed by atoms with van der Waals surface area (Å²) in [5.74, 6) is 0.000208. The zero-order chi connectivity index (χ0) is 19.1. The summed E-state index contributed by atoms with van der Waals surface area (Å²) in [6.07, 6.45) is 1.58. The fourth-order valence-corrected chi connectivity index (χ4v) is 3.59. The van der Waals surface area contributed by atoms with Gasteiger partial charge in [-0.05, 0) is 56.3 Å². The van der Waals surface area contributed by atoms with E-state index in [1.54, 1.807) is 39.0 Å². The first kappa shape index (κ1) is 18.8. The van der Waals surface area contributed by atoms with E-state index in [9.17, 15) is 14.4 Å². The van der Waals surface area contributed by atoms with Crippen molar-refractivity contribution in [1.82, 2.24) is 4.90 Å². The number of thioether (sulfide) groups is 1. The minimum absolute atomic E-state index is 0.137. The lowest BCUT2D eigenvalue weighted by molar-refractivity contribution is -0.156. The summed E-state index contributed by atoms with van der Waals surface area (Å²) in [6, 6.07) is 3.45. The molecule has 1 saturated heterocycles. The lowest BCUT2D eigenvalue weighted by atomic mass is 10.2. The Balaban J connectivity index is 1.79. The van der Waals surface area contributed by atoms with Crippen LogP contribution in [0.25, 0.3) is 6.08 Å². The number of carbonyl (C=O) groups is 3. The third-order valence-electron chi connectivity index (χ3n) is 3.36. The van der Waals surface area contributed by atoms with Crippen LogP contribution in [0.5, 0.6) is 11.5 Å². The average Bonchev–Trinajstić information content (AvgIpc) is 3.05. The van der Waals surface area contributed by atoms with Crippen molar-refractivity contribution in [3.8, 4) is 11.5 Å². The predicted octanol–water partition coefficient (Wildman–Crippen LogP) is 3.56. The van der Waals surface area contributed by atoms with Crippen LogP contribution in [0.15, 0.2) is 21.5 Å². The van der Waals surface area contributed by atoms with Crippen LogP contribution in [-0.2, 0) is 14.3 Å². The van der Waals surface area contributed by atoms with E-state index in [4.69, 9.17) is 14.2 Å². The van der Waals surface area contributed by atoms with Crippen LogP contribution in [0, 0.1) is 0 Å². The Morgan fingerprint density at radius 3 is 2.62 bits per heavy atom. The molecule has 3 rings (SSSR count). The standard InChI is InChI=1S/C17H16BrNO6S/c1-17(2,3)25-14(20)7-19-15(21)13(26-16(19)22)5-9-4-11-12(6-10(9)18)24-8-23-11/h4-6H,7-8H2,1-3H3. The fourth-order valence-electron chi connectivity index (χ4n) is 2.32. The largest absolute Gasteiger partial charge is 0.459 e. The molecule has 2 aliphatic heterocycles. The maximum absolute atomic E-state index is 12.5. The van der Waals surface area contributed by atoms with Crippen molar-refractivity contribution in [3.05, 3.63) is 27.1 Å². The highest BCUT2D eigenvalue weighted by Crippen LogP contribution is 2.39. The molecule has 9 heteroatoms. The molecule has 0 aliphatic carbocycles. The first-order chi connectivity index (χ1) is 12.1. The number of ether oxygens (including phenoxy) is 3. The highest BCUT2D eigenvalue weighted by Gasteiger charge is 2.37. The monoisotopic (exact) mass is 441 g/mol. The molecule has 138 valence electrons. The Morgan fingerprint density at radius 2 is 1.96 bits per heavy atom. The second-order valence-corrected chi connectivity index (χ2v) is 8.43. The van der Waals surface area contributed by atoms with E-state index in [1.165, 1.54) is 0 Å². The van der Waals surface area contributed by atoms with Gasteiger partial charge in [-0.15, -0.1) is 0 Å². The number of esters is 1. The third-order valence-corrected chi connectivity index (χ3v) is 4.95. The second-order valence-electron chi connectivity index (χ2n) is 6.58. The molecule has 0 unspecified atom stereocenters. The van der Waals surface area contributed by atoms with E-state index in [0.717, 1.165) is 16.7 Å². The maximum Gasteiger partial charge on any atom is 0.326 e. The number of amides is 2.